The molecule has 0 radical (unpaired) electrons. The van der Waals surface area contributed by atoms with Gasteiger partial charge in [-0.2, -0.15) is 0 Å². The van der Waals surface area contributed by atoms with Crippen LogP contribution < -0.4 is 16.4 Å². The zero-order chi connectivity index (χ0) is 11.7. The number of rotatable bonds is 7. The molecule has 0 aliphatic heterocycles. The van der Waals surface area contributed by atoms with E-state index in [1.54, 1.807) is 0 Å². The Hall–Kier alpha value is -1.10. The van der Waals surface area contributed by atoms with Crippen molar-refractivity contribution in [3.63, 3.8) is 0 Å². The van der Waals surface area contributed by atoms with Crippen molar-refractivity contribution in [2.24, 2.45) is 5.73 Å². The molecule has 5 nitrogen and oxygen atoms in total. The maximum absolute atomic E-state index is 11.2. The minimum absolute atomic E-state index is 0.0370. The molecule has 0 saturated heterocycles. The van der Waals surface area contributed by atoms with Gasteiger partial charge < -0.3 is 16.4 Å². The summed E-state index contributed by atoms with van der Waals surface area (Å²) in [6.45, 7) is 4.57. The van der Waals surface area contributed by atoms with Crippen molar-refractivity contribution >= 4 is 11.8 Å². The van der Waals surface area contributed by atoms with Gasteiger partial charge in [0.1, 0.15) is 0 Å². The van der Waals surface area contributed by atoms with Crippen molar-refractivity contribution in [1.29, 1.82) is 0 Å². The highest BCUT2D eigenvalue weighted by molar-refractivity contribution is 5.84. The molecule has 0 heterocycles. The van der Waals surface area contributed by atoms with Crippen LogP contribution in [0.1, 0.15) is 33.1 Å². The van der Waals surface area contributed by atoms with Crippen LogP contribution in [0.3, 0.4) is 0 Å². The van der Waals surface area contributed by atoms with E-state index in [1.165, 1.54) is 0 Å². The predicted octanol–water partition coefficient (Wildman–Crippen LogP) is -0.244. The third-order valence-electron chi connectivity index (χ3n) is 1.99. The zero-order valence-electron chi connectivity index (χ0n) is 9.51. The highest BCUT2D eigenvalue weighted by atomic mass is 16.2. The van der Waals surface area contributed by atoms with Gasteiger partial charge in [-0.1, -0.05) is 13.8 Å². The lowest BCUT2D eigenvalue weighted by Gasteiger charge is -2.09. The molecule has 0 aliphatic rings. The first-order valence-electron chi connectivity index (χ1n) is 5.39. The Labute approximate surface area is 90.8 Å². The van der Waals surface area contributed by atoms with Crippen molar-refractivity contribution in [3.05, 3.63) is 0 Å². The number of hydrogen-bond acceptors (Lipinski definition) is 3. The molecule has 2 amide bonds. The van der Waals surface area contributed by atoms with E-state index in [1.807, 2.05) is 13.8 Å². The van der Waals surface area contributed by atoms with E-state index in [0.29, 0.717) is 6.54 Å². The fourth-order valence-corrected chi connectivity index (χ4v) is 0.960. The Balaban J connectivity index is 3.57. The van der Waals surface area contributed by atoms with Gasteiger partial charge in [0.2, 0.25) is 11.8 Å². The molecule has 0 aromatic heterocycles. The van der Waals surface area contributed by atoms with E-state index < -0.39 is 0 Å². The summed E-state index contributed by atoms with van der Waals surface area (Å²) in [5.74, 6) is -0.328. The van der Waals surface area contributed by atoms with E-state index in [2.05, 4.69) is 10.6 Å². The second-order valence-corrected chi connectivity index (χ2v) is 3.50. The zero-order valence-corrected chi connectivity index (χ0v) is 9.51. The molecule has 0 aromatic rings. The van der Waals surface area contributed by atoms with E-state index in [4.69, 9.17) is 5.73 Å². The smallest absolute Gasteiger partial charge is 0.239 e. The molecule has 0 aromatic carbocycles. The van der Waals surface area contributed by atoms with Crippen LogP contribution in [0.2, 0.25) is 0 Å². The standard InChI is InChI=1S/C10H21N3O2/c1-3-5-12-10(15)7-13-9(14)6-8(11)4-2/h8H,3-7,11H2,1-2H3,(H,12,15)(H,13,14). The van der Waals surface area contributed by atoms with Crippen LogP contribution in [-0.4, -0.2) is 30.9 Å². The van der Waals surface area contributed by atoms with Gasteiger partial charge in [0, 0.05) is 19.0 Å². The average Bonchev–Trinajstić information content (AvgIpc) is 2.23. The van der Waals surface area contributed by atoms with Crippen LogP contribution in [0.4, 0.5) is 0 Å². The lowest BCUT2D eigenvalue weighted by atomic mass is 10.1. The van der Waals surface area contributed by atoms with Crippen LogP contribution in [0.15, 0.2) is 0 Å². The van der Waals surface area contributed by atoms with Gasteiger partial charge in [0.15, 0.2) is 0 Å². The minimum atomic E-state index is -0.170. The van der Waals surface area contributed by atoms with Crippen molar-refractivity contribution in [2.45, 2.75) is 39.2 Å². The maximum Gasteiger partial charge on any atom is 0.239 e. The molecule has 0 rings (SSSR count). The predicted molar refractivity (Wildman–Crippen MR) is 59.2 cm³/mol. The van der Waals surface area contributed by atoms with Crippen LogP contribution in [0.25, 0.3) is 0 Å². The molecule has 0 saturated carbocycles. The van der Waals surface area contributed by atoms with E-state index in [9.17, 15) is 9.59 Å². The lowest BCUT2D eigenvalue weighted by molar-refractivity contribution is -0.126. The molecule has 5 heteroatoms. The van der Waals surface area contributed by atoms with Gasteiger partial charge in [0.25, 0.3) is 0 Å². The van der Waals surface area contributed by atoms with E-state index in [0.717, 1.165) is 12.8 Å². The van der Waals surface area contributed by atoms with Crippen molar-refractivity contribution in [3.8, 4) is 0 Å². The lowest BCUT2D eigenvalue weighted by Crippen LogP contribution is -2.39. The normalized spacial score (nSPS) is 11.9. The average molecular weight is 215 g/mol. The molecule has 0 aliphatic carbocycles. The summed E-state index contributed by atoms with van der Waals surface area (Å²) in [5.41, 5.74) is 5.60. The van der Waals surface area contributed by atoms with Crippen LogP contribution in [0.5, 0.6) is 0 Å². The van der Waals surface area contributed by atoms with Crippen molar-refractivity contribution in [1.82, 2.24) is 10.6 Å². The van der Waals surface area contributed by atoms with Gasteiger partial charge in [-0.05, 0) is 12.8 Å². The third kappa shape index (κ3) is 7.93. The Morgan fingerprint density at radius 1 is 1.20 bits per heavy atom. The van der Waals surface area contributed by atoms with Gasteiger partial charge >= 0.3 is 0 Å². The second-order valence-electron chi connectivity index (χ2n) is 3.50. The van der Waals surface area contributed by atoms with Gasteiger partial charge in [-0.15, -0.1) is 0 Å². The monoisotopic (exact) mass is 215 g/mol. The van der Waals surface area contributed by atoms with Crippen molar-refractivity contribution in [2.75, 3.05) is 13.1 Å². The molecule has 1 atom stereocenters. The van der Waals surface area contributed by atoms with E-state index >= 15 is 0 Å². The summed E-state index contributed by atoms with van der Waals surface area (Å²) in [6, 6.07) is -0.122. The largest absolute Gasteiger partial charge is 0.355 e. The molecule has 0 spiro atoms. The van der Waals surface area contributed by atoms with Gasteiger partial charge in [-0.3, -0.25) is 9.59 Å². The minimum Gasteiger partial charge on any atom is -0.355 e. The summed E-state index contributed by atoms with van der Waals surface area (Å²) >= 11 is 0. The first-order chi connectivity index (χ1) is 7.10. The van der Waals surface area contributed by atoms with Gasteiger partial charge in [-0.25, -0.2) is 0 Å². The summed E-state index contributed by atoms with van der Waals surface area (Å²) in [6.07, 6.45) is 1.92. The number of carbonyl (C=O) groups is 2. The Kier molecular flexibility index (Phi) is 7.62. The fraction of sp³-hybridized carbons (Fsp3) is 0.800. The van der Waals surface area contributed by atoms with Crippen molar-refractivity contribution < 1.29 is 9.59 Å². The summed E-state index contributed by atoms with van der Waals surface area (Å²) in [4.78, 5) is 22.3. The quantitative estimate of drug-likeness (QED) is 0.548. The van der Waals surface area contributed by atoms with E-state index in [-0.39, 0.29) is 30.8 Å². The Bertz CT molecular complexity index is 207. The first-order valence-corrected chi connectivity index (χ1v) is 5.39. The first kappa shape index (κ1) is 13.9. The van der Waals surface area contributed by atoms with Crippen LogP contribution >= 0.6 is 0 Å². The maximum atomic E-state index is 11.2. The number of carbonyl (C=O) groups excluding carboxylic acids is 2. The Morgan fingerprint density at radius 2 is 1.87 bits per heavy atom. The highest BCUT2D eigenvalue weighted by Crippen LogP contribution is 1.92. The SMILES string of the molecule is CCCNC(=O)CNC(=O)CC(N)CC. The number of nitrogens with two attached hydrogens (primary N) is 1. The van der Waals surface area contributed by atoms with Gasteiger partial charge in [0.05, 0.1) is 6.54 Å². The Morgan fingerprint density at radius 3 is 2.40 bits per heavy atom. The molecule has 0 bridgehead atoms. The summed E-state index contributed by atoms with van der Waals surface area (Å²) in [7, 11) is 0. The number of nitrogens with one attached hydrogen (secondary N) is 2. The molecule has 1 unspecified atom stereocenters. The van der Waals surface area contributed by atoms with Crippen LogP contribution in [0, 0.1) is 0 Å². The highest BCUT2D eigenvalue weighted by Gasteiger charge is 2.08. The molecule has 4 N–H and O–H groups in total. The topological polar surface area (TPSA) is 84.2 Å². The molecule has 15 heavy (non-hydrogen) atoms. The third-order valence-corrected chi connectivity index (χ3v) is 1.99. The number of hydrogen-bond donors (Lipinski definition) is 3. The summed E-state index contributed by atoms with van der Waals surface area (Å²) in [5, 5.41) is 5.20. The van der Waals surface area contributed by atoms with Crippen LogP contribution in [-0.2, 0) is 9.59 Å². The number of amides is 2. The molecular formula is C10H21N3O2. The molecule has 0 fully saturated rings. The summed E-state index contributed by atoms with van der Waals surface area (Å²) < 4.78 is 0. The molecular weight excluding hydrogens is 194 g/mol. The fourth-order valence-electron chi connectivity index (χ4n) is 0.960. The molecule has 88 valence electrons. The second kappa shape index (κ2) is 8.23.